The molecule has 2 aromatic carbocycles. The Balaban J connectivity index is 1.58. The van der Waals surface area contributed by atoms with Gasteiger partial charge in [0.05, 0.1) is 28.2 Å². The van der Waals surface area contributed by atoms with Gasteiger partial charge < -0.3 is 24.8 Å². The van der Waals surface area contributed by atoms with Crippen LogP contribution in [0.2, 0.25) is 5.02 Å². The molecule has 4 aromatic rings. The van der Waals surface area contributed by atoms with Crippen LogP contribution in [0.4, 0.5) is 11.5 Å². The van der Waals surface area contributed by atoms with Crippen LogP contribution in [0.5, 0.6) is 11.5 Å². The van der Waals surface area contributed by atoms with Crippen molar-refractivity contribution in [2.24, 2.45) is 0 Å². The number of amides is 1. The average Bonchev–Trinajstić information content (AvgIpc) is 2.88. The quantitative estimate of drug-likeness (QED) is 0.311. The number of nitrogens with zero attached hydrogens (tertiary/aromatic N) is 4. The molecule has 0 bridgehead atoms. The van der Waals surface area contributed by atoms with Crippen molar-refractivity contribution in [1.82, 2.24) is 19.9 Å². The van der Waals surface area contributed by atoms with Gasteiger partial charge in [-0.25, -0.2) is 9.97 Å². The maximum atomic E-state index is 12.9. The standard InChI is InChI=1S/C27H28ClN5O4/c1-27(2,26(35)33(3)13-14-34)37-23-9-6-8-21-24(23)25(31-17-30-21)32-18-10-11-22(20(28)15-18)36-16-19-7-4-5-12-29-19/h4-12,15,17,34H,13-14,16H2,1-3H3,(H,30,31,32). The van der Waals surface area contributed by atoms with Crippen molar-refractivity contribution in [2.45, 2.75) is 26.1 Å². The number of ether oxygens (including phenoxy) is 2. The van der Waals surface area contributed by atoms with E-state index >= 15 is 0 Å². The number of benzene rings is 2. The number of hydrogen-bond acceptors (Lipinski definition) is 8. The molecule has 0 aliphatic heterocycles. The largest absolute Gasteiger partial charge is 0.486 e. The highest BCUT2D eigenvalue weighted by atomic mass is 35.5. The SMILES string of the molecule is CN(CCO)C(=O)C(C)(C)Oc1cccc2ncnc(Nc3ccc(OCc4ccccn4)c(Cl)c3)c12. The summed E-state index contributed by atoms with van der Waals surface area (Å²) < 4.78 is 12.0. The van der Waals surface area contributed by atoms with Gasteiger partial charge in [-0.15, -0.1) is 0 Å². The van der Waals surface area contributed by atoms with E-state index in [1.165, 1.54) is 11.2 Å². The first-order chi connectivity index (χ1) is 17.8. The van der Waals surface area contributed by atoms with Gasteiger partial charge in [-0.1, -0.05) is 23.7 Å². The van der Waals surface area contributed by atoms with Crippen molar-refractivity contribution < 1.29 is 19.4 Å². The molecule has 192 valence electrons. The zero-order valence-electron chi connectivity index (χ0n) is 20.8. The lowest BCUT2D eigenvalue weighted by Crippen LogP contribution is -2.48. The van der Waals surface area contributed by atoms with Gasteiger partial charge in [0.15, 0.2) is 5.60 Å². The lowest BCUT2D eigenvalue weighted by molar-refractivity contribution is -0.144. The van der Waals surface area contributed by atoms with E-state index < -0.39 is 5.60 Å². The predicted molar refractivity (Wildman–Crippen MR) is 142 cm³/mol. The van der Waals surface area contributed by atoms with Crippen LogP contribution in [0.25, 0.3) is 10.9 Å². The minimum atomic E-state index is -1.19. The van der Waals surface area contributed by atoms with Crippen molar-refractivity contribution in [3.05, 3.63) is 77.8 Å². The second kappa shape index (κ2) is 11.4. The summed E-state index contributed by atoms with van der Waals surface area (Å²) in [4.78, 5) is 27.3. The fourth-order valence-corrected chi connectivity index (χ4v) is 3.99. The summed E-state index contributed by atoms with van der Waals surface area (Å²) >= 11 is 6.49. The molecule has 0 spiro atoms. The molecule has 0 saturated heterocycles. The topological polar surface area (TPSA) is 110 Å². The smallest absolute Gasteiger partial charge is 0.265 e. The van der Waals surface area contributed by atoms with Gasteiger partial charge in [0.25, 0.3) is 5.91 Å². The zero-order valence-corrected chi connectivity index (χ0v) is 21.6. The summed E-state index contributed by atoms with van der Waals surface area (Å²) in [6.07, 6.45) is 3.16. The molecule has 1 amide bonds. The molecule has 0 fully saturated rings. The third-order valence-electron chi connectivity index (χ3n) is 5.58. The predicted octanol–water partition coefficient (Wildman–Crippen LogP) is 4.61. The average molecular weight is 522 g/mol. The number of carbonyl (C=O) groups excluding carboxylic acids is 1. The maximum Gasteiger partial charge on any atom is 0.265 e. The van der Waals surface area contributed by atoms with Crippen molar-refractivity contribution in [1.29, 1.82) is 0 Å². The van der Waals surface area contributed by atoms with E-state index in [0.717, 1.165) is 5.69 Å². The third-order valence-corrected chi connectivity index (χ3v) is 5.88. The molecule has 4 rings (SSSR count). The highest BCUT2D eigenvalue weighted by molar-refractivity contribution is 6.32. The molecule has 2 N–H and O–H groups in total. The Kier molecular flexibility index (Phi) is 8.05. The molecule has 0 unspecified atom stereocenters. The molecule has 0 radical (unpaired) electrons. The third kappa shape index (κ3) is 6.25. The van der Waals surface area contributed by atoms with Gasteiger partial charge >= 0.3 is 0 Å². The number of pyridine rings is 1. The molecule has 0 aliphatic rings. The molecule has 9 nitrogen and oxygen atoms in total. The number of nitrogens with one attached hydrogen (secondary N) is 1. The lowest BCUT2D eigenvalue weighted by atomic mass is 10.1. The van der Waals surface area contributed by atoms with Crippen LogP contribution in [-0.2, 0) is 11.4 Å². The van der Waals surface area contributed by atoms with Crippen molar-refractivity contribution in [2.75, 3.05) is 25.5 Å². The van der Waals surface area contributed by atoms with E-state index in [1.54, 1.807) is 51.4 Å². The Labute approximate surface area is 220 Å². The summed E-state index contributed by atoms with van der Waals surface area (Å²) in [6.45, 7) is 3.74. The number of rotatable bonds is 10. The monoisotopic (exact) mass is 521 g/mol. The number of likely N-dealkylation sites (N-methyl/N-ethyl adjacent to an activating group) is 1. The molecule has 0 atom stereocenters. The van der Waals surface area contributed by atoms with E-state index in [1.807, 2.05) is 30.3 Å². The number of hydrogen-bond donors (Lipinski definition) is 2. The van der Waals surface area contributed by atoms with Crippen LogP contribution >= 0.6 is 11.6 Å². The molecule has 37 heavy (non-hydrogen) atoms. The molecule has 2 heterocycles. The van der Waals surface area contributed by atoms with Crippen LogP contribution in [0.15, 0.2) is 67.1 Å². The second-order valence-corrected chi connectivity index (χ2v) is 9.22. The fraction of sp³-hybridized carbons (Fsp3) is 0.259. The summed E-state index contributed by atoms with van der Waals surface area (Å²) in [5.41, 5.74) is 0.928. The van der Waals surface area contributed by atoms with Gasteiger partial charge in [-0.3, -0.25) is 9.78 Å². The van der Waals surface area contributed by atoms with Crippen molar-refractivity contribution >= 4 is 39.9 Å². The van der Waals surface area contributed by atoms with E-state index in [-0.39, 0.29) is 19.1 Å². The van der Waals surface area contributed by atoms with Gasteiger partial charge in [0.2, 0.25) is 0 Å². The number of fused-ring (bicyclic) bond motifs is 1. The first-order valence-electron chi connectivity index (χ1n) is 11.7. The van der Waals surface area contributed by atoms with Gasteiger partial charge in [0, 0.05) is 25.5 Å². The van der Waals surface area contributed by atoms with Crippen LogP contribution in [0, 0.1) is 0 Å². The maximum absolute atomic E-state index is 12.9. The Bertz CT molecular complexity index is 1380. The zero-order chi connectivity index (χ0) is 26.4. The molecule has 0 saturated carbocycles. The Hall–Kier alpha value is -3.95. The van der Waals surface area contributed by atoms with Crippen LogP contribution in [0.1, 0.15) is 19.5 Å². The first-order valence-corrected chi connectivity index (χ1v) is 12.0. The van der Waals surface area contributed by atoms with Gasteiger partial charge in [-0.05, 0) is 56.3 Å². The van der Waals surface area contributed by atoms with Crippen molar-refractivity contribution in [3.8, 4) is 11.5 Å². The van der Waals surface area contributed by atoms with E-state index in [9.17, 15) is 9.90 Å². The molecular formula is C27H28ClN5O4. The number of aliphatic hydroxyl groups excluding tert-OH is 1. The minimum absolute atomic E-state index is 0.135. The molecular weight excluding hydrogens is 494 g/mol. The number of carbonyl (C=O) groups is 1. The minimum Gasteiger partial charge on any atom is -0.486 e. The van der Waals surface area contributed by atoms with E-state index in [2.05, 4.69) is 20.3 Å². The van der Waals surface area contributed by atoms with Gasteiger partial charge in [-0.2, -0.15) is 0 Å². The summed E-state index contributed by atoms with van der Waals surface area (Å²) in [5.74, 6) is 1.20. The van der Waals surface area contributed by atoms with Crippen molar-refractivity contribution in [3.63, 3.8) is 0 Å². The van der Waals surface area contributed by atoms with Gasteiger partial charge in [0.1, 0.15) is 30.3 Å². The number of halogens is 1. The van der Waals surface area contributed by atoms with E-state index in [0.29, 0.717) is 45.5 Å². The van der Waals surface area contributed by atoms with Crippen LogP contribution in [0.3, 0.4) is 0 Å². The number of anilines is 2. The highest BCUT2D eigenvalue weighted by Gasteiger charge is 2.33. The van der Waals surface area contributed by atoms with E-state index in [4.69, 9.17) is 21.1 Å². The molecule has 0 aliphatic carbocycles. The summed E-state index contributed by atoms with van der Waals surface area (Å²) in [7, 11) is 1.62. The normalized spacial score (nSPS) is 11.3. The Morgan fingerprint density at radius 1 is 1.08 bits per heavy atom. The van der Waals surface area contributed by atoms with Crippen LogP contribution in [-0.4, -0.2) is 56.7 Å². The highest BCUT2D eigenvalue weighted by Crippen LogP contribution is 2.35. The number of aromatic nitrogens is 3. The van der Waals surface area contributed by atoms with Crippen LogP contribution < -0.4 is 14.8 Å². The first kappa shape index (κ1) is 26.1. The summed E-state index contributed by atoms with van der Waals surface area (Å²) in [5, 5.41) is 13.5. The fourth-order valence-electron chi connectivity index (χ4n) is 3.76. The summed E-state index contributed by atoms with van der Waals surface area (Å²) in [6, 6.07) is 16.4. The Morgan fingerprint density at radius 2 is 1.92 bits per heavy atom. The Morgan fingerprint density at radius 3 is 2.65 bits per heavy atom. The number of aliphatic hydroxyl groups is 1. The molecule has 10 heteroatoms. The lowest BCUT2D eigenvalue weighted by Gasteiger charge is -2.30. The second-order valence-electron chi connectivity index (χ2n) is 8.82. The molecule has 2 aromatic heterocycles.